The number of nitrogens with one attached hydrogen (secondary N) is 1. The summed E-state index contributed by atoms with van der Waals surface area (Å²) in [5.41, 5.74) is 4.09. The Hall–Kier alpha value is -1.90. The van der Waals surface area contributed by atoms with E-state index in [1.54, 1.807) is 0 Å². The van der Waals surface area contributed by atoms with E-state index in [9.17, 15) is 4.79 Å². The molecule has 1 aromatic carbocycles. The van der Waals surface area contributed by atoms with Crippen molar-refractivity contribution in [1.29, 1.82) is 0 Å². The van der Waals surface area contributed by atoms with Crippen LogP contribution in [0.15, 0.2) is 24.3 Å². The molecule has 3 rings (SSSR count). The average Bonchev–Trinajstić information content (AvgIpc) is 2.96. The maximum absolute atomic E-state index is 12.6. The van der Waals surface area contributed by atoms with E-state index in [-0.39, 0.29) is 5.91 Å². The Balaban J connectivity index is 1.94. The highest BCUT2D eigenvalue weighted by molar-refractivity contribution is 6.07. The number of carbonyl (C=O) groups is 1. The van der Waals surface area contributed by atoms with Crippen LogP contribution >= 0.6 is 0 Å². The number of para-hydroxylation sites is 1. The first-order valence-electron chi connectivity index (χ1n) is 8.00. The second kappa shape index (κ2) is 6.25. The number of hydrogen-bond acceptors (Lipinski definition) is 2. The topological polar surface area (TPSA) is 42.0 Å². The van der Waals surface area contributed by atoms with Crippen molar-refractivity contribution in [2.75, 3.05) is 6.54 Å². The Morgan fingerprint density at radius 1 is 1.24 bits per heavy atom. The summed E-state index contributed by atoms with van der Waals surface area (Å²) in [6.45, 7) is 2.93. The van der Waals surface area contributed by atoms with Crippen LogP contribution in [-0.2, 0) is 12.8 Å². The Labute approximate surface area is 125 Å². The van der Waals surface area contributed by atoms with Crippen LogP contribution in [0.4, 0.5) is 0 Å². The zero-order valence-corrected chi connectivity index (χ0v) is 12.6. The molecule has 3 heteroatoms. The third-order valence-corrected chi connectivity index (χ3v) is 4.21. The third-order valence-electron chi connectivity index (χ3n) is 4.21. The molecule has 0 fully saturated rings. The lowest BCUT2D eigenvalue weighted by Gasteiger charge is -2.12. The monoisotopic (exact) mass is 282 g/mol. The molecule has 1 aliphatic rings. The Morgan fingerprint density at radius 3 is 2.95 bits per heavy atom. The van der Waals surface area contributed by atoms with Gasteiger partial charge in [0.1, 0.15) is 0 Å². The van der Waals surface area contributed by atoms with Crippen LogP contribution in [0.2, 0.25) is 0 Å². The molecule has 2 aromatic rings. The molecule has 21 heavy (non-hydrogen) atoms. The van der Waals surface area contributed by atoms with Crippen molar-refractivity contribution in [2.45, 2.75) is 45.4 Å². The standard InChI is InChI=1S/C18H22N2O/c1-2-3-6-12-19-18(21)17-13-8-4-5-10-15(13)20-16-11-7-9-14(16)17/h4-5,8,10H,2-3,6-7,9,11-12H2,1H3,(H,19,21). The molecule has 0 atom stereocenters. The molecule has 0 saturated carbocycles. The fourth-order valence-corrected chi connectivity index (χ4v) is 3.14. The first kappa shape index (κ1) is 14.1. The van der Waals surface area contributed by atoms with Crippen LogP contribution in [-0.4, -0.2) is 17.4 Å². The molecule has 0 bridgehead atoms. The minimum absolute atomic E-state index is 0.0721. The SMILES string of the molecule is CCCCCNC(=O)c1c2c(nc3ccccc13)CCC2. The van der Waals surface area contributed by atoms with E-state index in [2.05, 4.69) is 12.2 Å². The molecule has 110 valence electrons. The van der Waals surface area contributed by atoms with Crippen molar-refractivity contribution in [3.8, 4) is 0 Å². The van der Waals surface area contributed by atoms with Crippen LogP contribution in [0.3, 0.4) is 0 Å². The van der Waals surface area contributed by atoms with Gasteiger partial charge in [-0.15, -0.1) is 0 Å². The number of carbonyl (C=O) groups excluding carboxylic acids is 1. The smallest absolute Gasteiger partial charge is 0.252 e. The molecule has 1 aliphatic carbocycles. The quantitative estimate of drug-likeness (QED) is 0.851. The van der Waals surface area contributed by atoms with E-state index in [1.165, 1.54) is 12.0 Å². The summed E-state index contributed by atoms with van der Waals surface area (Å²) in [5.74, 6) is 0.0721. The maximum Gasteiger partial charge on any atom is 0.252 e. The molecule has 1 aromatic heterocycles. The number of fused-ring (bicyclic) bond motifs is 2. The molecule has 0 saturated heterocycles. The molecule has 1 heterocycles. The van der Waals surface area contributed by atoms with E-state index < -0.39 is 0 Å². The van der Waals surface area contributed by atoms with Crippen molar-refractivity contribution in [2.24, 2.45) is 0 Å². The Bertz CT molecular complexity index is 664. The molecule has 0 spiro atoms. The zero-order valence-electron chi connectivity index (χ0n) is 12.6. The minimum atomic E-state index is 0.0721. The molecule has 0 unspecified atom stereocenters. The van der Waals surface area contributed by atoms with Crippen LogP contribution in [0.5, 0.6) is 0 Å². The van der Waals surface area contributed by atoms with Crippen LogP contribution < -0.4 is 5.32 Å². The van der Waals surface area contributed by atoms with Gasteiger partial charge < -0.3 is 5.32 Å². The van der Waals surface area contributed by atoms with Crippen LogP contribution in [0.25, 0.3) is 10.9 Å². The summed E-state index contributed by atoms with van der Waals surface area (Å²) in [5, 5.41) is 4.08. The van der Waals surface area contributed by atoms with E-state index >= 15 is 0 Å². The number of aromatic nitrogens is 1. The van der Waals surface area contributed by atoms with E-state index in [1.807, 2.05) is 24.3 Å². The number of hydrogen-bond donors (Lipinski definition) is 1. The van der Waals surface area contributed by atoms with Gasteiger partial charge in [0.25, 0.3) is 5.91 Å². The highest BCUT2D eigenvalue weighted by Gasteiger charge is 2.23. The second-order valence-electron chi connectivity index (χ2n) is 5.75. The lowest BCUT2D eigenvalue weighted by molar-refractivity contribution is 0.0953. The van der Waals surface area contributed by atoms with Gasteiger partial charge in [0.05, 0.1) is 11.1 Å². The molecular formula is C18H22N2O. The Morgan fingerprint density at radius 2 is 2.10 bits per heavy atom. The van der Waals surface area contributed by atoms with Crippen LogP contribution in [0.1, 0.15) is 54.2 Å². The van der Waals surface area contributed by atoms with Crippen LogP contribution in [0, 0.1) is 0 Å². The lowest BCUT2D eigenvalue weighted by Crippen LogP contribution is -2.26. The van der Waals surface area contributed by atoms with Gasteiger partial charge in [0, 0.05) is 17.6 Å². The minimum Gasteiger partial charge on any atom is -0.352 e. The number of pyridine rings is 1. The van der Waals surface area contributed by atoms with Gasteiger partial charge in [-0.25, -0.2) is 0 Å². The van der Waals surface area contributed by atoms with Gasteiger partial charge in [-0.05, 0) is 37.3 Å². The molecular weight excluding hydrogens is 260 g/mol. The Kier molecular flexibility index (Phi) is 4.18. The number of aryl methyl sites for hydroxylation is 1. The number of nitrogens with zero attached hydrogens (tertiary/aromatic N) is 1. The van der Waals surface area contributed by atoms with Gasteiger partial charge in [0.15, 0.2) is 0 Å². The van der Waals surface area contributed by atoms with E-state index in [4.69, 9.17) is 4.98 Å². The first-order chi connectivity index (χ1) is 10.3. The molecule has 3 nitrogen and oxygen atoms in total. The van der Waals surface area contributed by atoms with Gasteiger partial charge in [-0.1, -0.05) is 38.0 Å². The fraction of sp³-hybridized carbons (Fsp3) is 0.444. The summed E-state index contributed by atoms with van der Waals surface area (Å²) in [4.78, 5) is 17.4. The van der Waals surface area contributed by atoms with Gasteiger partial charge in [-0.3, -0.25) is 9.78 Å². The van der Waals surface area contributed by atoms with E-state index in [0.717, 1.165) is 60.8 Å². The normalized spacial score (nSPS) is 13.4. The predicted octanol–water partition coefficient (Wildman–Crippen LogP) is 3.64. The highest BCUT2D eigenvalue weighted by atomic mass is 16.1. The summed E-state index contributed by atoms with van der Waals surface area (Å²) >= 11 is 0. The van der Waals surface area contributed by atoms with Crippen molar-refractivity contribution < 1.29 is 4.79 Å². The zero-order chi connectivity index (χ0) is 14.7. The number of benzene rings is 1. The summed E-state index contributed by atoms with van der Waals surface area (Å²) in [6, 6.07) is 7.99. The van der Waals surface area contributed by atoms with Gasteiger partial charge in [0.2, 0.25) is 0 Å². The van der Waals surface area contributed by atoms with Crippen molar-refractivity contribution >= 4 is 16.8 Å². The number of amides is 1. The fourth-order valence-electron chi connectivity index (χ4n) is 3.14. The predicted molar refractivity (Wildman–Crippen MR) is 85.6 cm³/mol. The summed E-state index contributed by atoms with van der Waals surface area (Å²) in [6.07, 6.45) is 6.46. The van der Waals surface area contributed by atoms with Crippen molar-refractivity contribution in [3.05, 3.63) is 41.1 Å². The van der Waals surface area contributed by atoms with Gasteiger partial charge in [-0.2, -0.15) is 0 Å². The van der Waals surface area contributed by atoms with E-state index in [0.29, 0.717) is 0 Å². The first-order valence-corrected chi connectivity index (χ1v) is 8.00. The second-order valence-corrected chi connectivity index (χ2v) is 5.75. The van der Waals surface area contributed by atoms with Crippen molar-refractivity contribution in [1.82, 2.24) is 10.3 Å². The van der Waals surface area contributed by atoms with Crippen molar-refractivity contribution in [3.63, 3.8) is 0 Å². The average molecular weight is 282 g/mol. The largest absolute Gasteiger partial charge is 0.352 e. The third kappa shape index (κ3) is 2.78. The number of unbranched alkanes of at least 4 members (excludes halogenated alkanes) is 2. The summed E-state index contributed by atoms with van der Waals surface area (Å²) < 4.78 is 0. The number of rotatable bonds is 5. The molecule has 0 radical (unpaired) electrons. The maximum atomic E-state index is 12.6. The lowest BCUT2D eigenvalue weighted by atomic mass is 10.0. The highest BCUT2D eigenvalue weighted by Crippen LogP contribution is 2.29. The molecule has 0 aliphatic heterocycles. The molecule has 1 N–H and O–H groups in total. The summed E-state index contributed by atoms with van der Waals surface area (Å²) in [7, 11) is 0. The molecule has 1 amide bonds. The van der Waals surface area contributed by atoms with Gasteiger partial charge >= 0.3 is 0 Å².